The Morgan fingerprint density at radius 2 is 2.16 bits per heavy atom. The molecule has 1 aromatic rings. The van der Waals surface area contributed by atoms with Gasteiger partial charge in [-0.3, -0.25) is 9.69 Å². The van der Waals surface area contributed by atoms with Crippen molar-refractivity contribution in [2.24, 2.45) is 0 Å². The number of halogens is 2. The van der Waals surface area contributed by atoms with E-state index in [1.165, 1.54) is 12.1 Å². The predicted octanol–water partition coefficient (Wildman–Crippen LogP) is 1.84. The Hall–Kier alpha value is -0.970. The Morgan fingerprint density at radius 3 is 2.84 bits per heavy atom. The van der Waals surface area contributed by atoms with Gasteiger partial charge in [-0.25, -0.2) is 4.39 Å². The standard InChI is InChI=1S/C14H18ClFN2O/c1-17-5-6-18(2)13(9-17)14(19)8-10-3-4-11(15)12(16)7-10/h3-4,7,13H,5-6,8-9H2,1-2H3. The van der Waals surface area contributed by atoms with E-state index in [1.54, 1.807) is 6.07 Å². The molecule has 0 radical (unpaired) electrons. The molecule has 1 saturated heterocycles. The molecule has 3 nitrogen and oxygen atoms in total. The third-order valence-electron chi connectivity index (χ3n) is 3.59. The number of hydrogen-bond donors (Lipinski definition) is 0. The maximum absolute atomic E-state index is 13.3. The highest BCUT2D eigenvalue weighted by Gasteiger charge is 2.28. The largest absolute Gasteiger partial charge is 0.303 e. The van der Waals surface area contributed by atoms with Gasteiger partial charge in [0.15, 0.2) is 5.78 Å². The van der Waals surface area contributed by atoms with Crippen molar-refractivity contribution in [1.82, 2.24) is 9.80 Å². The average Bonchev–Trinajstić information content (AvgIpc) is 2.36. The second-order valence-corrected chi connectivity index (χ2v) is 5.56. The normalized spacial score (nSPS) is 21.6. The van der Waals surface area contributed by atoms with Crippen molar-refractivity contribution >= 4 is 17.4 Å². The number of likely N-dealkylation sites (N-methyl/N-ethyl adjacent to an activating group) is 2. The molecular weight excluding hydrogens is 267 g/mol. The number of ketones is 1. The van der Waals surface area contributed by atoms with E-state index in [2.05, 4.69) is 9.80 Å². The van der Waals surface area contributed by atoms with Crippen LogP contribution in [0.15, 0.2) is 18.2 Å². The molecule has 0 spiro atoms. The van der Waals surface area contributed by atoms with E-state index < -0.39 is 5.82 Å². The number of piperazine rings is 1. The molecule has 19 heavy (non-hydrogen) atoms. The molecule has 0 aliphatic carbocycles. The summed E-state index contributed by atoms with van der Waals surface area (Å²) in [7, 11) is 3.97. The zero-order chi connectivity index (χ0) is 14.0. The molecule has 0 amide bonds. The summed E-state index contributed by atoms with van der Waals surface area (Å²) in [6.45, 7) is 2.57. The lowest BCUT2D eigenvalue weighted by molar-refractivity contribution is -0.125. The predicted molar refractivity (Wildman–Crippen MR) is 74.0 cm³/mol. The number of nitrogens with zero attached hydrogens (tertiary/aromatic N) is 2. The van der Waals surface area contributed by atoms with Crippen LogP contribution in [-0.2, 0) is 11.2 Å². The summed E-state index contributed by atoms with van der Waals surface area (Å²) >= 11 is 5.63. The van der Waals surface area contributed by atoms with Crippen molar-refractivity contribution in [3.8, 4) is 0 Å². The molecule has 1 aromatic carbocycles. The molecule has 1 aliphatic rings. The summed E-state index contributed by atoms with van der Waals surface area (Å²) < 4.78 is 13.3. The quantitative estimate of drug-likeness (QED) is 0.846. The number of carbonyl (C=O) groups is 1. The highest BCUT2D eigenvalue weighted by atomic mass is 35.5. The summed E-state index contributed by atoms with van der Waals surface area (Å²) in [5.41, 5.74) is 0.675. The van der Waals surface area contributed by atoms with Gasteiger partial charge in [-0.05, 0) is 31.8 Å². The van der Waals surface area contributed by atoms with Gasteiger partial charge in [0.05, 0.1) is 11.1 Å². The van der Waals surface area contributed by atoms with E-state index in [9.17, 15) is 9.18 Å². The zero-order valence-corrected chi connectivity index (χ0v) is 12.0. The Bertz CT molecular complexity index is 481. The summed E-state index contributed by atoms with van der Waals surface area (Å²) in [6.07, 6.45) is 0.247. The third kappa shape index (κ3) is 3.53. The van der Waals surface area contributed by atoms with Gasteiger partial charge in [-0.2, -0.15) is 0 Å². The number of benzene rings is 1. The molecular formula is C14H18ClFN2O. The first kappa shape index (κ1) is 14.4. The van der Waals surface area contributed by atoms with Gasteiger partial charge in [-0.15, -0.1) is 0 Å². The van der Waals surface area contributed by atoms with E-state index in [-0.39, 0.29) is 23.3 Å². The molecule has 104 valence electrons. The molecule has 0 aromatic heterocycles. The van der Waals surface area contributed by atoms with Gasteiger partial charge in [0.25, 0.3) is 0 Å². The topological polar surface area (TPSA) is 23.6 Å². The highest BCUT2D eigenvalue weighted by Crippen LogP contribution is 2.17. The SMILES string of the molecule is CN1CCN(C)C(C(=O)Cc2ccc(Cl)c(F)c2)C1. The van der Waals surface area contributed by atoms with Gasteiger partial charge in [0.1, 0.15) is 5.82 Å². The molecule has 5 heteroatoms. The van der Waals surface area contributed by atoms with Crippen LogP contribution < -0.4 is 0 Å². The lowest BCUT2D eigenvalue weighted by Gasteiger charge is -2.36. The molecule has 0 saturated carbocycles. The Kier molecular flexibility index (Phi) is 4.55. The van der Waals surface area contributed by atoms with Gasteiger partial charge in [0.2, 0.25) is 0 Å². The van der Waals surface area contributed by atoms with E-state index >= 15 is 0 Å². The minimum absolute atomic E-state index is 0.0886. The van der Waals surface area contributed by atoms with E-state index in [0.29, 0.717) is 5.56 Å². The van der Waals surface area contributed by atoms with Crippen LogP contribution >= 0.6 is 11.6 Å². The number of rotatable bonds is 3. The van der Waals surface area contributed by atoms with Crippen molar-refractivity contribution < 1.29 is 9.18 Å². The Morgan fingerprint density at radius 1 is 1.42 bits per heavy atom. The lowest BCUT2D eigenvalue weighted by atomic mass is 10.0. The minimum atomic E-state index is -0.471. The monoisotopic (exact) mass is 284 g/mol. The summed E-state index contributed by atoms with van der Waals surface area (Å²) in [5.74, 6) is -0.350. The Balaban J connectivity index is 2.05. The fraction of sp³-hybridized carbons (Fsp3) is 0.500. The highest BCUT2D eigenvalue weighted by molar-refractivity contribution is 6.30. The minimum Gasteiger partial charge on any atom is -0.303 e. The molecule has 0 N–H and O–H groups in total. The lowest BCUT2D eigenvalue weighted by Crippen LogP contribution is -2.53. The van der Waals surface area contributed by atoms with Crippen LogP contribution in [0, 0.1) is 5.82 Å². The van der Waals surface area contributed by atoms with Crippen LogP contribution in [0.3, 0.4) is 0 Å². The molecule has 1 aliphatic heterocycles. The van der Waals surface area contributed by atoms with Crippen molar-refractivity contribution in [2.45, 2.75) is 12.5 Å². The molecule has 1 atom stereocenters. The molecule has 1 fully saturated rings. The number of Topliss-reactive ketones (excluding diaryl/α,β-unsaturated/α-hetero) is 1. The maximum Gasteiger partial charge on any atom is 0.155 e. The second kappa shape index (κ2) is 5.99. The van der Waals surface area contributed by atoms with Gasteiger partial charge >= 0.3 is 0 Å². The van der Waals surface area contributed by atoms with Gasteiger partial charge in [0, 0.05) is 26.1 Å². The Labute approximate surface area is 117 Å². The van der Waals surface area contributed by atoms with Crippen molar-refractivity contribution in [2.75, 3.05) is 33.7 Å². The first-order valence-corrected chi connectivity index (χ1v) is 6.70. The van der Waals surface area contributed by atoms with Crippen molar-refractivity contribution in [3.05, 3.63) is 34.6 Å². The first-order valence-electron chi connectivity index (χ1n) is 6.33. The summed E-state index contributed by atoms with van der Waals surface area (Å²) in [5, 5.41) is 0.0886. The van der Waals surface area contributed by atoms with E-state index in [1.807, 2.05) is 14.1 Å². The fourth-order valence-corrected chi connectivity index (χ4v) is 2.44. The van der Waals surface area contributed by atoms with Crippen LogP contribution in [0.2, 0.25) is 5.02 Å². The van der Waals surface area contributed by atoms with Crippen LogP contribution in [0.1, 0.15) is 5.56 Å². The maximum atomic E-state index is 13.3. The summed E-state index contributed by atoms with van der Waals surface area (Å²) in [6, 6.07) is 4.43. The number of carbonyl (C=O) groups excluding carboxylic acids is 1. The van der Waals surface area contributed by atoms with E-state index in [0.717, 1.165) is 19.6 Å². The molecule has 1 unspecified atom stereocenters. The fourth-order valence-electron chi connectivity index (χ4n) is 2.33. The van der Waals surface area contributed by atoms with E-state index in [4.69, 9.17) is 11.6 Å². The van der Waals surface area contributed by atoms with Crippen molar-refractivity contribution in [1.29, 1.82) is 0 Å². The smallest absolute Gasteiger partial charge is 0.155 e. The first-order chi connectivity index (χ1) is 8.97. The third-order valence-corrected chi connectivity index (χ3v) is 3.89. The van der Waals surface area contributed by atoms with Gasteiger partial charge < -0.3 is 4.90 Å². The molecule has 2 rings (SSSR count). The number of hydrogen-bond acceptors (Lipinski definition) is 3. The van der Waals surface area contributed by atoms with Gasteiger partial charge in [-0.1, -0.05) is 17.7 Å². The van der Waals surface area contributed by atoms with Crippen LogP contribution in [-0.4, -0.2) is 55.4 Å². The van der Waals surface area contributed by atoms with Crippen LogP contribution in [0.4, 0.5) is 4.39 Å². The zero-order valence-electron chi connectivity index (χ0n) is 11.2. The average molecular weight is 285 g/mol. The molecule has 1 heterocycles. The molecule has 0 bridgehead atoms. The van der Waals surface area contributed by atoms with Crippen molar-refractivity contribution in [3.63, 3.8) is 0 Å². The summed E-state index contributed by atoms with van der Waals surface area (Å²) in [4.78, 5) is 16.5. The van der Waals surface area contributed by atoms with Crippen LogP contribution in [0.5, 0.6) is 0 Å². The second-order valence-electron chi connectivity index (χ2n) is 5.15. The van der Waals surface area contributed by atoms with Crippen LogP contribution in [0.25, 0.3) is 0 Å².